The van der Waals surface area contributed by atoms with Crippen molar-refractivity contribution in [3.05, 3.63) is 0 Å². The number of hydrogen-bond donors (Lipinski definition) is 0. The van der Waals surface area contributed by atoms with Crippen molar-refractivity contribution in [3.8, 4) is 0 Å². The summed E-state index contributed by atoms with van der Waals surface area (Å²) >= 11 is 0. The molecule has 2 atom stereocenters. The van der Waals surface area contributed by atoms with E-state index in [0.29, 0.717) is 17.9 Å². The van der Waals surface area contributed by atoms with Gasteiger partial charge in [-0.15, -0.1) is 12.4 Å². The van der Waals surface area contributed by atoms with Gasteiger partial charge in [0.2, 0.25) is 0 Å². The zero-order valence-electron chi connectivity index (χ0n) is 7.33. The molecule has 0 radical (unpaired) electrons. The third-order valence-corrected chi connectivity index (χ3v) is 2.44. The normalized spacial score (nSPS) is 33.2. The number of carbonyl (C=O) groups excluding carboxylic acids is 1. The van der Waals surface area contributed by atoms with Crippen LogP contribution in [0.5, 0.6) is 0 Å². The molecule has 0 aromatic rings. The lowest BCUT2D eigenvalue weighted by molar-refractivity contribution is -0.124. The fourth-order valence-electron chi connectivity index (χ4n) is 1.46. The van der Waals surface area contributed by atoms with Crippen molar-refractivity contribution in [2.24, 2.45) is 0 Å². The van der Waals surface area contributed by atoms with Gasteiger partial charge in [-0.05, 0) is 20.9 Å². The van der Waals surface area contributed by atoms with Gasteiger partial charge in [-0.1, -0.05) is 0 Å². The zero-order chi connectivity index (χ0) is 7.72. The molecule has 1 rings (SSSR count). The minimum absolute atomic E-state index is 0. The van der Waals surface area contributed by atoms with Gasteiger partial charge in [0, 0.05) is 24.9 Å². The summed E-state index contributed by atoms with van der Waals surface area (Å²) in [4.78, 5) is 13.3. The molecule has 0 aliphatic carbocycles. The highest BCUT2D eigenvalue weighted by molar-refractivity contribution is 5.85. The number of ketones is 1. The van der Waals surface area contributed by atoms with Crippen molar-refractivity contribution >= 4 is 18.2 Å². The Balaban J connectivity index is 0.000001000. The molecule has 2 nitrogen and oxygen atoms in total. The van der Waals surface area contributed by atoms with E-state index >= 15 is 0 Å². The molecule has 1 aliphatic rings. The Labute approximate surface area is 74.4 Å². The molecule has 1 saturated heterocycles. The van der Waals surface area contributed by atoms with Gasteiger partial charge in [0.25, 0.3) is 0 Å². The average molecular weight is 178 g/mol. The van der Waals surface area contributed by atoms with Gasteiger partial charge in [-0.2, -0.15) is 0 Å². The van der Waals surface area contributed by atoms with Crippen molar-refractivity contribution in [1.82, 2.24) is 4.90 Å². The molecule has 0 N–H and O–H groups in total. The highest BCUT2D eigenvalue weighted by Gasteiger charge is 2.25. The van der Waals surface area contributed by atoms with E-state index in [0.717, 1.165) is 12.8 Å². The van der Waals surface area contributed by atoms with E-state index in [-0.39, 0.29) is 12.4 Å². The summed E-state index contributed by atoms with van der Waals surface area (Å²) in [5, 5.41) is 0. The van der Waals surface area contributed by atoms with Crippen LogP contribution in [0.15, 0.2) is 0 Å². The maximum Gasteiger partial charge on any atom is 0.136 e. The Morgan fingerprint density at radius 2 is 1.64 bits per heavy atom. The molecule has 0 aromatic carbocycles. The van der Waals surface area contributed by atoms with Crippen LogP contribution in [0.1, 0.15) is 26.7 Å². The van der Waals surface area contributed by atoms with Gasteiger partial charge < -0.3 is 4.90 Å². The van der Waals surface area contributed by atoms with Crippen LogP contribution in [0, 0.1) is 0 Å². The maximum atomic E-state index is 11.0. The molecule has 0 spiro atoms. The number of Topliss-reactive ketones (excluding diaryl/α,β-unsaturated/α-hetero) is 1. The van der Waals surface area contributed by atoms with Crippen LogP contribution in [0.2, 0.25) is 0 Å². The Morgan fingerprint density at radius 1 is 1.27 bits per heavy atom. The van der Waals surface area contributed by atoms with Crippen LogP contribution < -0.4 is 0 Å². The lowest BCUT2D eigenvalue weighted by Gasteiger charge is -2.34. The smallest absolute Gasteiger partial charge is 0.136 e. The fourth-order valence-corrected chi connectivity index (χ4v) is 1.46. The van der Waals surface area contributed by atoms with Gasteiger partial charge in [-0.3, -0.25) is 4.79 Å². The third-order valence-electron chi connectivity index (χ3n) is 2.44. The van der Waals surface area contributed by atoms with Crippen LogP contribution in [0.25, 0.3) is 0 Å². The molecule has 11 heavy (non-hydrogen) atoms. The van der Waals surface area contributed by atoms with Gasteiger partial charge >= 0.3 is 0 Å². The van der Waals surface area contributed by atoms with Crippen molar-refractivity contribution in [3.63, 3.8) is 0 Å². The highest BCUT2D eigenvalue weighted by Crippen LogP contribution is 2.17. The Hall–Kier alpha value is -0.0800. The molecular formula is C8H16ClNO. The van der Waals surface area contributed by atoms with E-state index in [2.05, 4.69) is 25.8 Å². The van der Waals surface area contributed by atoms with Gasteiger partial charge in [0.15, 0.2) is 0 Å². The molecule has 3 heteroatoms. The van der Waals surface area contributed by atoms with E-state index in [1.165, 1.54) is 0 Å². The predicted octanol–water partition coefficient (Wildman–Crippen LogP) is 1.48. The molecule has 1 heterocycles. The van der Waals surface area contributed by atoms with Gasteiger partial charge in [0.1, 0.15) is 5.78 Å². The Bertz CT molecular complexity index is 135. The van der Waals surface area contributed by atoms with Gasteiger partial charge in [-0.25, -0.2) is 0 Å². The van der Waals surface area contributed by atoms with E-state index < -0.39 is 0 Å². The van der Waals surface area contributed by atoms with E-state index in [4.69, 9.17) is 0 Å². The van der Waals surface area contributed by atoms with Crippen LogP contribution >= 0.6 is 12.4 Å². The first-order valence-corrected chi connectivity index (χ1v) is 3.85. The third kappa shape index (κ3) is 2.46. The predicted molar refractivity (Wildman–Crippen MR) is 48.2 cm³/mol. The molecule has 0 aromatic heterocycles. The molecule has 0 saturated carbocycles. The molecule has 1 aliphatic heterocycles. The first-order valence-electron chi connectivity index (χ1n) is 3.85. The van der Waals surface area contributed by atoms with Crippen molar-refractivity contribution in [2.45, 2.75) is 38.8 Å². The SMILES string of the molecule is CC1CC(=O)CC(C)N1C.Cl. The lowest BCUT2D eigenvalue weighted by Crippen LogP contribution is -2.43. The summed E-state index contributed by atoms with van der Waals surface area (Å²) in [6.07, 6.45) is 1.47. The lowest BCUT2D eigenvalue weighted by atomic mass is 9.97. The summed E-state index contributed by atoms with van der Waals surface area (Å²) in [6, 6.07) is 0.882. The monoisotopic (exact) mass is 177 g/mol. The summed E-state index contributed by atoms with van der Waals surface area (Å²) < 4.78 is 0. The summed E-state index contributed by atoms with van der Waals surface area (Å²) in [5.74, 6) is 0.415. The summed E-state index contributed by atoms with van der Waals surface area (Å²) in [7, 11) is 2.09. The molecule has 0 amide bonds. The van der Waals surface area contributed by atoms with E-state index in [1.54, 1.807) is 0 Å². The van der Waals surface area contributed by atoms with Crippen molar-refractivity contribution in [1.29, 1.82) is 0 Å². The number of halogens is 1. The highest BCUT2D eigenvalue weighted by atomic mass is 35.5. The van der Waals surface area contributed by atoms with Crippen LogP contribution in [-0.2, 0) is 4.79 Å². The summed E-state index contributed by atoms with van der Waals surface area (Å²) in [5.41, 5.74) is 0. The Morgan fingerprint density at radius 3 is 2.00 bits per heavy atom. The summed E-state index contributed by atoms with van der Waals surface area (Å²) in [6.45, 7) is 4.21. The first kappa shape index (κ1) is 10.9. The number of nitrogens with zero attached hydrogens (tertiary/aromatic N) is 1. The number of hydrogen-bond acceptors (Lipinski definition) is 2. The molecule has 0 bridgehead atoms. The fraction of sp³-hybridized carbons (Fsp3) is 0.875. The zero-order valence-corrected chi connectivity index (χ0v) is 8.15. The topological polar surface area (TPSA) is 20.3 Å². The number of piperidine rings is 1. The quantitative estimate of drug-likeness (QED) is 0.559. The van der Waals surface area contributed by atoms with Crippen molar-refractivity contribution in [2.75, 3.05) is 7.05 Å². The second-order valence-electron chi connectivity index (χ2n) is 3.31. The molecule has 1 fully saturated rings. The minimum atomic E-state index is 0. The number of likely N-dealkylation sites (tertiary alicyclic amines) is 1. The number of carbonyl (C=O) groups is 1. The van der Waals surface area contributed by atoms with Crippen LogP contribution in [0.4, 0.5) is 0 Å². The average Bonchev–Trinajstić information content (AvgIpc) is 1.82. The first-order chi connectivity index (χ1) is 4.61. The van der Waals surface area contributed by atoms with Crippen LogP contribution in [-0.4, -0.2) is 29.8 Å². The Kier molecular flexibility index (Phi) is 4.04. The molecule has 66 valence electrons. The van der Waals surface area contributed by atoms with Crippen LogP contribution in [0.3, 0.4) is 0 Å². The van der Waals surface area contributed by atoms with E-state index in [1.807, 2.05) is 0 Å². The molecule has 2 unspecified atom stereocenters. The van der Waals surface area contributed by atoms with Gasteiger partial charge in [0.05, 0.1) is 0 Å². The van der Waals surface area contributed by atoms with Crippen molar-refractivity contribution < 1.29 is 4.79 Å². The number of rotatable bonds is 0. The standard InChI is InChI=1S/C8H15NO.ClH/c1-6-4-8(10)5-7(2)9(6)3;/h6-7H,4-5H2,1-3H3;1H. The van der Waals surface area contributed by atoms with E-state index in [9.17, 15) is 4.79 Å². The maximum absolute atomic E-state index is 11.0. The second kappa shape index (κ2) is 4.07. The molecular weight excluding hydrogens is 162 g/mol. The minimum Gasteiger partial charge on any atom is -0.300 e. The largest absolute Gasteiger partial charge is 0.300 e. The second-order valence-corrected chi connectivity index (χ2v) is 3.31.